The van der Waals surface area contributed by atoms with E-state index in [0.717, 1.165) is 5.57 Å². The van der Waals surface area contributed by atoms with Crippen LogP contribution in [0.2, 0.25) is 0 Å². The van der Waals surface area contributed by atoms with Gasteiger partial charge in [0.05, 0.1) is 11.0 Å². The number of ketones is 1. The number of allylic oxidation sites excluding steroid dienone is 2. The first kappa shape index (κ1) is 16.5. The lowest BCUT2D eigenvalue weighted by Crippen LogP contribution is -2.36. The molecular weight excluding hydrogens is 306 g/mol. The Morgan fingerprint density at radius 1 is 1.21 bits per heavy atom. The minimum atomic E-state index is -1.08. The summed E-state index contributed by atoms with van der Waals surface area (Å²) >= 11 is 0. The number of amides is 1. The van der Waals surface area contributed by atoms with Crippen LogP contribution in [0.25, 0.3) is 0 Å². The highest BCUT2D eigenvalue weighted by Gasteiger charge is 2.51. The standard InChI is InChI=1S/C19H21NO4/c1-10-9-19(3,17(23)11(10)2)13-16(22)14(20-18(13)24)15(21)12-7-5-4-6-8-12/h4-8,14-15,21-22H,9H2,1-3H3,(H,20,24). The summed E-state index contributed by atoms with van der Waals surface area (Å²) in [7, 11) is 0. The second-order valence-electron chi connectivity index (χ2n) is 6.81. The third-order valence-electron chi connectivity index (χ3n) is 5.17. The molecule has 1 aliphatic heterocycles. The van der Waals surface area contributed by atoms with Crippen LogP contribution >= 0.6 is 0 Å². The number of rotatable bonds is 3. The molecule has 1 heterocycles. The van der Waals surface area contributed by atoms with Crippen molar-refractivity contribution in [1.29, 1.82) is 0 Å². The Bertz CT molecular complexity index is 778. The number of aliphatic hydroxyl groups excluding tert-OH is 2. The van der Waals surface area contributed by atoms with E-state index in [9.17, 15) is 19.8 Å². The summed E-state index contributed by atoms with van der Waals surface area (Å²) in [6.07, 6.45) is -0.679. The molecule has 0 radical (unpaired) electrons. The van der Waals surface area contributed by atoms with Crippen molar-refractivity contribution in [3.05, 3.63) is 58.4 Å². The molecule has 5 nitrogen and oxygen atoms in total. The van der Waals surface area contributed by atoms with Gasteiger partial charge in [0.25, 0.3) is 5.91 Å². The van der Waals surface area contributed by atoms with Gasteiger partial charge in [-0.05, 0) is 38.3 Å². The van der Waals surface area contributed by atoms with Gasteiger partial charge < -0.3 is 15.5 Å². The minimum Gasteiger partial charge on any atom is -0.509 e. The first-order valence-electron chi connectivity index (χ1n) is 7.96. The lowest BCUT2D eigenvalue weighted by atomic mass is 9.76. The van der Waals surface area contributed by atoms with Crippen molar-refractivity contribution in [1.82, 2.24) is 5.32 Å². The Labute approximate surface area is 140 Å². The Morgan fingerprint density at radius 3 is 2.38 bits per heavy atom. The Morgan fingerprint density at radius 2 is 1.83 bits per heavy atom. The lowest BCUT2D eigenvalue weighted by molar-refractivity contribution is -0.125. The molecule has 1 amide bonds. The average molecular weight is 327 g/mol. The molecule has 3 atom stereocenters. The molecule has 3 N–H and O–H groups in total. The van der Waals surface area contributed by atoms with Gasteiger partial charge in [-0.2, -0.15) is 0 Å². The second kappa shape index (κ2) is 5.60. The second-order valence-corrected chi connectivity index (χ2v) is 6.81. The van der Waals surface area contributed by atoms with Crippen LogP contribution < -0.4 is 5.32 Å². The van der Waals surface area contributed by atoms with E-state index >= 15 is 0 Å². The maximum absolute atomic E-state index is 12.6. The maximum atomic E-state index is 12.6. The molecule has 1 aliphatic carbocycles. The number of nitrogens with one attached hydrogen (secondary N) is 1. The van der Waals surface area contributed by atoms with Gasteiger partial charge in [0.15, 0.2) is 5.78 Å². The summed E-state index contributed by atoms with van der Waals surface area (Å²) in [4.78, 5) is 25.1. The van der Waals surface area contributed by atoms with E-state index in [2.05, 4.69) is 5.32 Å². The number of carbonyl (C=O) groups is 2. The molecule has 1 aromatic rings. The predicted molar refractivity (Wildman–Crippen MR) is 89.1 cm³/mol. The molecule has 3 rings (SSSR count). The number of hydrogen-bond acceptors (Lipinski definition) is 4. The topological polar surface area (TPSA) is 86.6 Å². The van der Waals surface area contributed by atoms with Crippen molar-refractivity contribution >= 4 is 11.7 Å². The van der Waals surface area contributed by atoms with E-state index in [1.165, 1.54) is 0 Å². The zero-order valence-electron chi connectivity index (χ0n) is 14.0. The first-order chi connectivity index (χ1) is 11.3. The van der Waals surface area contributed by atoms with Crippen LogP contribution in [-0.4, -0.2) is 27.9 Å². The lowest BCUT2D eigenvalue weighted by Gasteiger charge is -2.23. The highest BCUT2D eigenvalue weighted by molar-refractivity contribution is 6.12. The Balaban J connectivity index is 1.99. The van der Waals surface area contributed by atoms with Crippen LogP contribution in [0.3, 0.4) is 0 Å². The van der Waals surface area contributed by atoms with Gasteiger partial charge in [-0.25, -0.2) is 0 Å². The third-order valence-corrected chi connectivity index (χ3v) is 5.17. The quantitative estimate of drug-likeness (QED) is 0.795. The van der Waals surface area contributed by atoms with Gasteiger partial charge in [0.2, 0.25) is 0 Å². The third kappa shape index (κ3) is 2.27. The van der Waals surface area contributed by atoms with Crippen LogP contribution in [0.4, 0.5) is 0 Å². The molecule has 0 saturated heterocycles. The summed E-state index contributed by atoms with van der Waals surface area (Å²) in [5.74, 6) is -0.882. The van der Waals surface area contributed by atoms with Crippen molar-refractivity contribution in [2.45, 2.75) is 39.3 Å². The van der Waals surface area contributed by atoms with E-state index in [1.807, 2.05) is 13.0 Å². The van der Waals surface area contributed by atoms with E-state index in [-0.39, 0.29) is 17.1 Å². The van der Waals surface area contributed by atoms with Gasteiger partial charge in [-0.1, -0.05) is 35.9 Å². The van der Waals surface area contributed by atoms with Gasteiger partial charge in [-0.3, -0.25) is 9.59 Å². The van der Waals surface area contributed by atoms with Crippen molar-refractivity contribution in [2.75, 3.05) is 0 Å². The van der Waals surface area contributed by atoms with Crippen LogP contribution in [0.15, 0.2) is 52.8 Å². The van der Waals surface area contributed by atoms with Crippen molar-refractivity contribution in [2.24, 2.45) is 5.41 Å². The van der Waals surface area contributed by atoms with Crippen LogP contribution in [0.5, 0.6) is 0 Å². The largest absolute Gasteiger partial charge is 0.509 e. The Hall–Kier alpha value is -2.40. The van der Waals surface area contributed by atoms with E-state index < -0.39 is 23.5 Å². The minimum absolute atomic E-state index is 0.0729. The summed E-state index contributed by atoms with van der Waals surface area (Å²) in [6.45, 7) is 5.28. The molecule has 0 spiro atoms. The monoisotopic (exact) mass is 327 g/mol. The number of aliphatic hydroxyl groups is 2. The number of benzene rings is 1. The summed E-state index contributed by atoms with van der Waals surface area (Å²) in [5.41, 5.74) is 1.14. The van der Waals surface area contributed by atoms with E-state index in [1.54, 1.807) is 38.1 Å². The maximum Gasteiger partial charge on any atom is 0.252 e. The molecule has 0 saturated carbocycles. The molecule has 0 bridgehead atoms. The van der Waals surface area contributed by atoms with Crippen LogP contribution in [-0.2, 0) is 9.59 Å². The molecule has 24 heavy (non-hydrogen) atoms. The van der Waals surface area contributed by atoms with E-state index in [4.69, 9.17) is 0 Å². The Kier molecular flexibility index (Phi) is 3.84. The summed E-state index contributed by atoms with van der Waals surface area (Å²) in [6, 6.07) is 7.87. The molecule has 1 aromatic carbocycles. The molecule has 3 unspecified atom stereocenters. The molecule has 126 valence electrons. The van der Waals surface area contributed by atoms with Gasteiger partial charge in [0.1, 0.15) is 17.9 Å². The summed E-state index contributed by atoms with van der Waals surface area (Å²) < 4.78 is 0. The molecule has 0 aromatic heterocycles. The molecule has 0 fully saturated rings. The highest BCUT2D eigenvalue weighted by atomic mass is 16.3. The van der Waals surface area contributed by atoms with Gasteiger partial charge >= 0.3 is 0 Å². The first-order valence-corrected chi connectivity index (χ1v) is 7.96. The molecule has 2 aliphatic rings. The fraction of sp³-hybridized carbons (Fsp3) is 0.368. The van der Waals surface area contributed by atoms with Gasteiger partial charge in [-0.15, -0.1) is 0 Å². The number of carbonyl (C=O) groups excluding carboxylic acids is 2. The normalized spacial score (nSPS) is 28.6. The van der Waals surface area contributed by atoms with Crippen molar-refractivity contribution < 1.29 is 19.8 Å². The van der Waals surface area contributed by atoms with E-state index in [0.29, 0.717) is 17.6 Å². The van der Waals surface area contributed by atoms with Crippen molar-refractivity contribution in [3.63, 3.8) is 0 Å². The van der Waals surface area contributed by atoms with Crippen LogP contribution in [0, 0.1) is 5.41 Å². The van der Waals surface area contributed by atoms with Crippen LogP contribution in [0.1, 0.15) is 38.9 Å². The van der Waals surface area contributed by atoms with Gasteiger partial charge in [0, 0.05) is 0 Å². The number of Topliss-reactive ketones (excluding diaryl/α,β-unsaturated/α-hetero) is 1. The predicted octanol–water partition coefficient (Wildman–Crippen LogP) is 2.35. The fourth-order valence-corrected chi connectivity index (χ4v) is 3.71. The summed E-state index contributed by atoms with van der Waals surface area (Å²) in [5, 5.41) is 23.8. The smallest absolute Gasteiger partial charge is 0.252 e. The SMILES string of the molecule is CC1=C(C)C(=O)C(C)(C2=C(O)C(C(O)c3ccccc3)NC2=O)C1. The zero-order chi connectivity index (χ0) is 17.6. The molecular formula is C19H21NO4. The average Bonchev–Trinajstić information content (AvgIpc) is 2.97. The zero-order valence-corrected chi connectivity index (χ0v) is 14.0. The fourth-order valence-electron chi connectivity index (χ4n) is 3.71. The van der Waals surface area contributed by atoms with Crippen molar-refractivity contribution in [3.8, 4) is 0 Å². The highest BCUT2D eigenvalue weighted by Crippen LogP contribution is 2.47. The number of hydrogen-bond donors (Lipinski definition) is 3. The molecule has 5 heteroatoms.